The summed E-state index contributed by atoms with van der Waals surface area (Å²) in [4.78, 5) is 11.8. The molecule has 0 unspecified atom stereocenters. The minimum atomic E-state index is 0.516. The molecular formula is C15H18ClN3S. The van der Waals surface area contributed by atoms with E-state index in [2.05, 4.69) is 34.3 Å². The number of anilines is 1. The average Bonchev–Trinajstić information content (AvgIpc) is 3.19. The van der Waals surface area contributed by atoms with Crippen LogP contribution in [0.15, 0.2) is 12.1 Å². The fourth-order valence-corrected chi connectivity index (χ4v) is 3.15. The van der Waals surface area contributed by atoms with Gasteiger partial charge in [-0.15, -0.1) is 11.3 Å². The summed E-state index contributed by atoms with van der Waals surface area (Å²) in [5.74, 6) is 2.28. The van der Waals surface area contributed by atoms with E-state index in [9.17, 15) is 0 Å². The fourth-order valence-electron chi connectivity index (χ4n) is 2.08. The second-order valence-corrected chi connectivity index (χ2v) is 6.81. The van der Waals surface area contributed by atoms with Gasteiger partial charge in [-0.05, 0) is 38.3 Å². The van der Waals surface area contributed by atoms with Crippen LogP contribution >= 0.6 is 22.9 Å². The highest BCUT2D eigenvalue weighted by Crippen LogP contribution is 2.39. The molecule has 3 rings (SSSR count). The van der Waals surface area contributed by atoms with Crippen molar-refractivity contribution in [2.24, 2.45) is 0 Å². The lowest BCUT2D eigenvalue weighted by Crippen LogP contribution is -2.06. The number of halogens is 1. The third kappa shape index (κ3) is 2.96. The summed E-state index contributed by atoms with van der Waals surface area (Å²) in [5, 5.41) is 3.98. The number of aryl methyl sites for hydroxylation is 1. The predicted molar refractivity (Wildman–Crippen MR) is 84.8 cm³/mol. The van der Waals surface area contributed by atoms with Crippen molar-refractivity contribution in [2.75, 3.05) is 5.32 Å². The molecule has 5 heteroatoms. The van der Waals surface area contributed by atoms with Crippen molar-refractivity contribution in [1.29, 1.82) is 0 Å². The molecule has 1 fully saturated rings. The largest absolute Gasteiger partial charge is 0.365 e. The SMILES string of the molecule is CCc1ccc(CNc2nc(C3CC3)nc(Cl)c2C)s1. The number of hydrogen-bond acceptors (Lipinski definition) is 4. The predicted octanol–water partition coefficient (Wildman–Crippen LogP) is 4.55. The summed E-state index contributed by atoms with van der Waals surface area (Å²) < 4.78 is 0. The molecule has 0 amide bonds. The summed E-state index contributed by atoms with van der Waals surface area (Å²) in [6.07, 6.45) is 3.46. The first-order chi connectivity index (χ1) is 9.67. The van der Waals surface area contributed by atoms with Gasteiger partial charge in [0, 0.05) is 21.2 Å². The highest BCUT2D eigenvalue weighted by molar-refractivity contribution is 7.12. The first kappa shape index (κ1) is 13.8. The smallest absolute Gasteiger partial charge is 0.137 e. The van der Waals surface area contributed by atoms with Gasteiger partial charge >= 0.3 is 0 Å². The van der Waals surface area contributed by atoms with E-state index in [4.69, 9.17) is 11.6 Å². The van der Waals surface area contributed by atoms with Crippen LogP contribution in [0.2, 0.25) is 5.15 Å². The van der Waals surface area contributed by atoms with Gasteiger partial charge in [-0.2, -0.15) is 0 Å². The van der Waals surface area contributed by atoms with Crippen LogP contribution in [-0.2, 0) is 13.0 Å². The average molecular weight is 308 g/mol. The highest BCUT2D eigenvalue weighted by atomic mass is 35.5. The van der Waals surface area contributed by atoms with Crippen LogP contribution in [0, 0.1) is 6.92 Å². The van der Waals surface area contributed by atoms with Gasteiger partial charge in [-0.3, -0.25) is 0 Å². The Hall–Kier alpha value is -1.13. The van der Waals surface area contributed by atoms with Gasteiger partial charge in [0.05, 0.1) is 6.54 Å². The van der Waals surface area contributed by atoms with Crippen LogP contribution in [0.3, 0.4) is 0 Å². The molecule has 1 aliphatic rings. The second-order valence-electron chi connectivity index (χ2n) is 5.20. The Kier molecular flexibility index (Phi) is 3.94. The van der Waals surface area contributed by atoms with Gasteiger partial charge in [0.2, 0.25) is 0 Å². The van der Waals surface area contributed by atoms with Crippen LogP contribution in [0.25, 0.3) is 0 Å². The minimum Gasteiger partial charge on any atom is -0.365 e. The van der Waals surface area contributed by atoms with Crippen molar-refractivity contribution in [3.63, 3.8) is 0 Å². The van der Waals surface area contributed by atoms with Crippen molar-refractivity contribution in [3.8, 4) is 0 Å². The Bertz CT molecular complexity index is 620. The van der Waals surface area contributed by atoms with E-state index in [0.29, 0.717) is 11.1 Å². The topological polar surface area (TPSA) is 37.8 Å². The van der Waals surface area contributed by atoms with Crippen molar-refractivity contribution < 1.29 is 0 Å². The summed E-state index contributed by atoms with van der Waals surface area (Å²) in [5.41, 5.74) is 0.934. The van der Waals surface area contributed by atoms with Gasteiger partial charge in [0.1, 0.15) is 16.8 Å². The monoisotopic (exact) mass is 307 g/mol. The molecule has 0 saturated heterocycles. The minimum absolute atomic E-state index is 0.516. The molecular weight excluding hydrogens is 290 g/mol. The highest BCUT2D eigenvalue weighted by Gasteiger charge is 2.28. The first-order valence-corrected chi connectivity index (χ1v) is 8.22. The van der Waals surface area contributed by atoms with E-state index < -0.39 is 0 Å². The molecule has 2 aromatic heterocycles. The third-order valence-electron chi connectivity index (χ3n) is 3.54. The molecule has 20 heavy (non-hydrogen) atoms. The number of hydrogen-bond donors (Lipinski definition) is 1. The van der Waals surface area contributed by atoms with E-state index in [1.807, 2.05) is 18.3 Å². The maximum absolute atomic E-state index is 6.21. The lowest BCUT2D eigenvalue weighted by molar-refractivity contribution is 0.913. The summed E-state index contributed by atoms with van der Waals surface area (Å²) in [6.45, 7) is 4.94. The fraction of sp³-hybridized carbons (Fsp3) is 0.467. The van der Waals surface area contributed by atoms with E-state index in [0.717, 1.165) is 30.2 Å². The number of aromatic nitrogens is 2. The molecule has 0 aromatic carbocycles. The molecule has 2 heterocycles. The lowest BCUT2D eigenvalue weighted by atomic mass is 10.3. The van der Waals surface area contributed by atoms with Crippen LogP contribution in [-0.4, -0.2) is 9.97 Å². The molecule has 106 valence electrons. The molecule has 1 aliphatic carbocycles. The van der Waals surface area contributed by atoms with E-state index >= 15 is 0 Å². The van der Waals surface area contributed by atoms with Crippen LogP contribution in [0.4, 0.5) is 5.82 Å². The van der Waals surface area contributed by atoms with Crippen molar-refractivity contribution in [2.45, 2.75) is 45.6 Å². The van der Waals surface area contributed by atoms with Gasteiger partial charge in [-0.1, -0.05) is 18.5 Å². The molecule has 0 atom stereocenters. The van der Waals surface area contributed by atoms with Crippen molar-refractivity contribution in [1.82, 2.24) is 9.97 Å². The number of rotatable bonds is 5. The van der Waals surface area contributed by atoms with Gasteiger partial charge < -0.3 is 5.32 Å². The van der Waals surface area contributed by atoms with Crippen LogP contribution < -0.4 is 5.32 Å². The molecule has 1 N–H and O–H groups in total. The molecule has 2 aromatic rings. The quantitative estimate of drug-likeness (QED) is 0.823. The Balaban J connectivity index is 1.75. The number of thiophene rings is 1. The zero-order valence-corrected chi connectivity index (χ0v) is 13.3. The summed E-state index contributed by atoms with van der Waals surface area (Å²) in [7, 11) is 0. The molecule has 0 aliphatic heterocycles. The Morgan fingerprint density at radius 2 is 2.05 bits per heavy atom. The van der Waals surface area contributed by atoms with E-state index in [1.165, 1.54) is 22.6 Å². The molecule has 0 spiro atoms. The summed E-state index contributed by atoms with van der Waals surface area (Å²) in [6, 6.07) is 4.37. The number of nitrogens with zero attached hydrogens (tertiary/aromatic N) is 2. The van der Waals surface area contributed by atoms with E-state index in [1.54, 1.807) is 0 Å². The Morgan fingerprint density at radius 3 is 2.70 bits per heavy atom. The molecule has 3 nitrogen and oxygen atoms in total. The maximum Gasteiger partial charge on any atom is 0.137 e. The normalized spacial score (nSPS) is 14.6. The second kappa shape index (κ2) is 5.70. The molecule has 0 radical (unpaired) electrons. The zero-order chi connectivity index (χ0) is 14.1. The zero-order valence-electron chi connectivity index (χ0n) is 11.7. The molecule has 1 saturated carbocycles. The van der Waals surface area contributed by atoms with Gasteiger partial charge in [0.25, 0.3) is 0 Å². The van der Waals surface area contributed by atoms with Crippen LogP contribution in [0.1, 0.15) is 46.8 Å². The number of nitrogens with one attached hydrogen (secondary N) is 1. The molecule has 0 bridgehead atoms. The van der Waals surface area contributed by atoms with Gasteiger partial charge in [-0.25, -0.2) is 9.97 Å². The standard InChI is InChI=1S/C15H18ClN3S/c1-3-11-6-7-12(20-11)8-17-14-9(2)13(16)18-15(19-14)10-4-5-10/h6-7,10H,3-5,8H2,1-2H3,(H,17,18,19). The third-order valence-corrected chi connectivity index (χ3v) is 5.14. The van der Waals surface area contributed by atoms with E-state index in [-0.39, 0.29) is 0 Å². The Labute approximate surface area is 128 Å². The summed E-state index contributed by atoms with van der Waals surface area (Å²) >= 11 is 8.06. The van der Waals surface area contributed by atoms with Crippen molar-refractivity contribution in [3.05, 3.63) is 38.4 Å². The first-order valence-electron chi connectivity index (χ1n) is 7.03. The van der Waals surface area contributed by atoms with Crippen LogP contribution in [0.5, 0.6) is 0 Å². The van der Waals surface area contributed by atoms with Gasteiger partial charge in [0.15, 0.2) is 0 Å². The maximum atomic E-state index is 6.21. The van der Waals surface area contributed by atoms with Crippen molar-refractivity contribution >= 4 is 28.8 Å². The lowest BCUT2D eigenvalue weighted by Gasteiger charge is -2.10. The Morgan fingerprint density at radius 1 is 1.30 bits per heavy atom.